The molecule has 0 aromatic carbocycles. The monoisotopic (exact) mass is 439 g/mol. The largest absolute Gasteiger partial charge is 0.376 e. The second-order valence-electron chi connectivity index (χ2n) is 7.65. The van der Waals surface area contributed by atoms with Crippen molar-refractivity contribution in [1.82, 2.24) is 15.3 Å². The first kappa shape index (κ1) is 20.4. The highest BCUT2D eigenvalue weighted by molar-refractivity contribution is 8.00. The van der Waals surface area contributed by atoms with Gasteiger partial charge in [0.2, 0.25) is 5.91 Å². The average molecular weight is 440 g/mol. The molecule has 4 rings (SSSR count). The number of carbonyl (C=O) groups excluding carboxylic acids is 1. The number of ether oxygens (including phenoxy) is 2. The van der Waals surface area contributed by atoms with Crippen LogP contribution < -0.4 is 5.32 Å². The molecule has 28 heavy (non-hydrogen) atoms. The van der Waals surface area contributed by atoms with Gasteiger partial charge in [0.15, 0.2) is 5.16 Å². The molecule has 4 heterocycles. The smallest absolute Gasteiger partial charge is 0.230 e. The van der Waals surface area contributed by atoms with E-state index in [-0.39, 0.29) is 17.6 Å². The number of rotatable bonds is 6. The molecule has 2 aromatic heterocycles. The first-order valence-corrected chi connectivity index (χ1v) is 12.5. The Morgan fingerprint density at radius 2 is 2.25 bits per heavy atom. The molecular weight excluding hydrogens is 414 g/mol. The lowest BCUT2D eigenvalue weighted by Gasteiger charge is -2.30. The minimum absolute atomic E-state index is 0.0192. The molecule has 1 N–H and O–H groups in total. The summed E-state index contributed by atoms with van der Waals surface area (Å²) in [4.78, 5) is 24.0. The Balaban J connectivity index is 1.53. The van der Waals surface area contributed by atoms with Gasteiger partial charge in [-0.25, -0.2) is 9.97 Å². The number of fused-ring (bicyclic) bond motifs is 3. The van der Waals surface area contributed by atoms with Crippen LogP contribution in [0.15, 0.2) is 10.2 Å². The molecule has 152 valence electrons. The molecule has 9 heteroatoms. The Morgan fingerprint density at radius 3 is 3.00 bits per heavy atom. The number of thiophene rings is 1. The summed E-state index contributed by atoms with van der Waals surface area (Å²) >= 11 is 4.71. The zero-order chi connectivity index (χ0) is 19.7. The van der Waals surface area contributed by atoms with Crippen molar-refractivity contribution in [2.24, 2.45) is 0 Å². The van der Waals surface area contributed by atoms with Crippen LogP contribution in [0.2, 0.25) is 0 Å². The van der Waals surface area contributed by atoms with Gasteiger partial charge in [0.1, 0.15) is 9.86 Å². The van der Waals surface area contributed by atoms with Crippen molar-refractivity contribution < 1.29 is 14.3 Å². The maximum Gasteiger partial charge on any atom is 0.230 e. The van der Waals surface area contributed by atoms with Gasteiger partial charge in [-0.3, -0.25) is 4.79 Å². The van der Waals surface area contributed by atoms with Crippen LogP contribution in [0.3, 0.4) is 0 Å². The number of thioether (sulfide) groups is 2. The van der Waals surface area contributed by atoms with Gasteiger partial charge in [0.05, 0.1) is 24.1 Å². The van der Waals surface area contributed by atoms with Gasteiger partial charge in [0, 0.05) is 29.8 Å². The van der Waals surface area contributed by atoms with Crippen molar-refractivity contribution in [3.05, 3.63) is 10.4 Å². The third-order valence-electron chi connectivity index (χ3n) is 4.95. The van der Waals surface area contributed by atoms with E-state index in [2.05, 4.69) is 19.2 Å². The summed E-state index contributed by atoms with van der Waals surface area (Å²) in [7, 11) is 0. The molecule has 0 spiro atoms. The minimum Gasteiger partial charge on any atom is -0.376 e. The van der Waals surface area contributed by atoms with Crippen LogP contribution in [0.25, 0.3) is 10.2 Å². The van der Waals surface area contributed by atoms with Crippen LogP contribution in [-0.2, 0) is 27.3 Å². The van der Waals surface area contributed by atoms with Gasteiger partial charge >= 0.3 is 0 Å². The van der Waals surface area contributed by atoms with E-state index in [4.69, 9.17) is 19.4 Å². The van der Waals surface area contributed by atoms with Crippen LogP contribution in [0.1, 0.15) is 37.1 Å². The normalized spacial score (nSPS) is 21.0. The molecule has 1 fully saturated rings. The van der Waals surface area contributed by atoms with Crippen molar-refractivity contribution >= 4 is 51.0 Å². The number of nitrogens with zero attached hydrogens (tertiary/aromatic N) is 2. The van der Waals surface area contributed by atoms with Gasteiger partial charge in [-0.05, 0) is 38.5 Å². The number of hydrogen-bond donors (Lipinski definition) is 1. The maximum atomic E-state index is 12.3. The Hall–Kier alpha value is -0.870. The summed E-state index contributed by atoms with van der Waals surface area (Å²) in [6, 6.07) is 0. The molecule has 6 nitrogen and oxygen atoms in total. The molecule has 2 aliphatic rings. The van der Waals surface area contributed by atoms with Crippen molar-refractivity contribution in [3.63, 3.8) is 0 Å². The van der Waals surface area contributed by atoms with Crippen LogP contribution in [0, 0.1) is 0 Å². The fourth-order valence-corrected chi connectivity index (χ4v) is 6.04. The number of amides is 1. The van der Waals surface area contributed by atoms with Crippen molar-refractivity contribution in [1.29, 1.82) is 0 Å². The molecule has 1 atom stereocenters. The lowest BCUT2D eigenvalue weighted by molar-refractivity contribution is -0.119. The fourth-order valence-electron chi connectivity index (χ4n) is 3.51. The highest BCUT2D eigenvalue weighted by Gasteiger charge is 2.31. The van der Waals surface area contributed by atoms with E-state index in [1.54, 1.807) is 11.3 Å². The standard InChI is InChI=1S/C19H25N3O3S3/c1-19(2)7-12-13(9-25-19)28-17-15(12)16(21-18(22-17)26-3)27-10-14(23)20-8-11-5-4-6-24-11/h11H,4-10H2,1-3H3,(H,20,23). The summed E-state index contributed by atoms with van der Waals surface area (Å²) in [5.74, 6) is 0.364. The van der Waals surface area contributed by atoms with Gasteiger partial charge in [0.25, 0.3) is 0 Å². The zero-order valence-electron chi connectivity index (χ0n) is 16.4. The van der Waals surface area contributed by atoms with E-state index in [1.165, 1.54) is 34.0 Å². The predicted octanol–water partition coefficient (Wildman–Crippen LogP) is 3.65. The summed E-state index contributed by atoms with van der Waals surface area (Å²) < 4.78 is 11.5. The Labute approximate surface area is 177 Å². The summed E-state index contributed by atoms with van der Waals surface area (Å²) in [6.07, 6.45) is 5.08. The first-order valence-electron chi connectivity index (χ1n) is 9.46. The van der Waals surface area contributed by atoms with Gasteiger partial charge in [-0.2, -0.15) is 0 Å². The molecule has 1 amide bonds. The molecule has 2 aromatic rings. The number of aromatic nitrogens is 2. The van der Waals surface area contributed by atoms with E-state index < -0.39 is 0 Å². The van der Waals surface area contributed by atoms with Crippen molar-refractivity contribution in [2.45, 2.75) is 61.6 Å². The van der Waals surface area contributed by atoms with E-state index in [0.29, 0.717) is 18.9 Å². The molecule has 0 saturated carbocycles. The van der Waals surface area contributed by atoms with Crippen LogP contribution in [-0.4, -0.2) is 52.7 Å². The van der Waals surface area contributed by atoms with Gasteiger partial charge < -0.3 is 14.8 Å². The van der Waals surface area contributed by atoms with Gasteiger partial charge in [-0.1, -0.05) is 23.5 Å². The number of carbonyl (C=O) groups is 1. The lowest BCUT2D eigenvalue weighted by Crippen LogP contribution is -2.33. The minimum atomic E-state index is -0.195. The highest BCUT2D eigenvalue weighted by atomic mass is 32.2. The van der Waals surface area contributed by atoms with Crippen molar-refractivity contribution in [3.8, 4) is 0 Å². The SMILES string of the molecule is CSc1nc(SCC(=O)NCC2CCCO2)c2c3c(sc2n1)COC(C)(C)C3. The summed E-state index contributed by atoms with van der Waals surface area (Å²) in [5.41, 5.74) is 1.09. The summed E-state index contributed by atoms with van der Waals surface area (Å²) in [6.45, 7) is 6.23. The predicted molar refractivity (Wildman–Crippen MR) is 114 cm³/mol. The average Bonchev–Trinajstić information content (AvgIpc) is 3.30. The highest BCUT2D eigenvalue weighted by Crippen LogP contribution is 2.42. The lowest BCUT2D eigenvalue weighted by atomic mass is 9.95. The molecule has 2 aliphatic heterocycles. The Bertz CT molecular complexity index is 878. The van der Waals surface area contributed by atoms with E-state index in [9.17, 15) is 4.79 Å². The van der Waals surface area contributed by atoms with Crippen LogP contribution in [0.5, 0.6) is 0 Å². The van der Waals surface area contributed by atoms with Crippen molar-refractivity contribution in [2.75, 3.05) is 25.2 Å². The third kappa shape index (κ3) is 4.48. The quantitative estimate of drug-likeness (QED) is 0.418. The first-order chi connectivity index (χ1) is 13.4. The number of nitrogens with one attached hydrogen (secondary N) is 1. The van der Waals surface area contributed by atoms with E-state index >= 15 is 0 Å². The second kappa shape index (κ2) is 8.47. The maximum absolute atomic E-state index is 12.3. The second-order valence-corrected chi connectivity index (χ2v) is 10.5. The molecule has 1 unspecified atom stereocenters. The molecule has 1 saturated heterocycles. The Morgan fingerprint density at radius 1 is 1.39 bits per heavy atom. The van der Waals surface area contributed by atoms with Crippen LogP contribution in [0.4, 0.5) is 0 Å². The molecule has 0 bridgehead atoms. The van der Waals surface area contributed by atoms with Crippen LogP contribution >= 0.6 is 34.9 Å². The Kier molecular flexibility index (Phi) is 6.17. The zero-order valence-corrected chi connectivity index (χ0v) is 18.8. The third-order valence-corrected chi connectivity index (χ3v) is 7.57. The van der Waals surface area contributed by atoms with Gasteiger partial charge in [-0.15, -0.1) is 11.3 Å². The topological polar surface area (TPSA) is 73.3 Å². The van der Waals surface area contributed by atoms with E-state index in [0.717, 1.165) is 46.3 Å². The van der Waals surface area contributed by atoms with E-state index in [1.807, 2.05) is 6.26 Å². The molecule has 0 aliphatic carbocycles. The fraction of sp³-hybridized carbons (Fsp3) is 0.632. The molecular formula is C19H25N3O3S3. The number of hydrogen-bond acceptors (Lipinski definition) is 8. The summed E-state index contributed by atoms with van der Waals surface area (Å²) in [5, 5.41) is 5.74. The molecule has 0 radical (unpaired) electrons.